The summed E-state index contributed by atoms with van der Waals surface area (Å²) in [6, 6.07) is 9.90. The van der Waals surface area contributed by atoms with Crippen LogP contribution in [0.3, 0.4) is 0 Å². The molecule has 0 unspecified atom stereocenters. The first-order chi connectivity index (χ1) is 14.9. The van der Waals surface area contributed by atoms with Gasteiger partial charge in [-0.05, 0) is 48.2 Å². The van der Waals surface area contributed by atoms with Gasteiger partial charge in [0.15, 0.2) is 11.5 Å². The summed E-state index contributed by atoms with van der Waals surface area (Å²) in [7, 11) is 2.12. The molecule has 8 nitrogen and oxygen atoms in total. The zero-order chi connectivity index (χ0) is 21.9. The van der Waals surface area contributed by atoms with E-state index in [0.29, 0.717) is 5.56 Å². The number of rotatable bonds is 3. The summed E-state index contributed by atoms with van der Waals surface area (Å²) in [6.45, 7) is 0.437. The number of fused-ring (bicyclic) bond motifs is 2. The second-order valence-electron chi connectivity index (χ2n) is 8.59. The molecule has 5 N–H and O–H groups in total. The van der Waals surface area contributed by atoms with Crippen LogP contribution in [0.4, 0.5) is 0 Å². The lowest BCUT2D eigenvalue weighted by Crippen LogP contribution is -2.60. The Morgan fingerprint density at radius 1 is 1.06 bits per heavy atom. The van der Waals surface area contributed by atoms with E-state index in [1.807, 2.05) is 18.2 Å². The van der Waals surface area contributed by atoms with Crippen LogP contribution >= 0.6 is 0 Å². The first-order valence-electron chi connectivity index (χ1n) is 10.5. The third-order valence-electron chi connectivity index (χ3n) is 6.80. The molecule has 0 bridgehead atoms. The van der Waals surface area contributed by atoms with Crippen molar-refractivity contribution in [2.75, 3.05) is 20.2 Å². The number of phenolic OH excluding ortho intramolecular Hbond substituents is 1. The van der Waals surface area contributed by atoms with Crippen LogP contribution < -0.4 is 4.74 Å². The zero-order valence-electron chi connectivity index (χ0n) is 17.2. The number of aliphatic hydroxyl groups is 4. The lowest BCUT2D eigenvalue weighted by molar-refractivity contribution is -0.277. The summed E-state index contributed by atoms with van der Waals surface area (Å²) in [5.41, 5.74) is 5.18. The summed E-state index contributed by atoms with van der Waals surface area (Å²) >= 11 is 0. The number of hydrogen-bond acceptors (Lipinski definition) is 8. The van der Waals surface area contributed by atoms with Crippen LogP contribution in [0.15, 0.2) is 30.3 Å². The molecule has 2 aliphatic heterocycles. The molecular formula is C23H27NO7. The molecule has 1 aliphatic carbocycles. The molecule has 2 aromatic carbocycles. The molecule has 1 fully saturated rings. The molecule has 0 aromatic heterocycles. The van der Waals surface area contributed by atoms with E-state index < -0.39 is 37.3 Å². The van der Waals surface area contributed by atoms with Gasteiger partial charge in [0, 0.05) is 18.2 Å². The maximum absolute atomic E-state index is 11.1. The Balaban J connectivity index is 1.52. The Morgan fingerprint density at radius 2 is 1.87 bits per heavy atom. The Hall–Kier alpha value is -2.20. The minimum atomic E-state index is -1.55. The normalized spacial score (nSPS) is 32.3. The molecule has 6 atom stereocenters. The largest absolute Gasteiger partial charge is 0.504 e. The lowest BCUT2D eigenvalue weighted by Gasteiger charge is -2.41. The van der Waals surface area contributed by atoms with Crippen molar-refractivity contribution in [3.63, 3.8) is 0 Å². The molecule has 166 valence electrons. The number of benzene rings is 2. The second kappa shape index (κ2) is 7.74. The highest BCUT2D eigenvalue weighted by Crippen LogP contribution is 2.50. The smallest absolute Gasteiger partial charge is 0.229 e. The van der Waals surface area contributed by atoms with E-state index in [9.17, 15) is 25.5 Å². The zero-order valence-corrected chi connectivity index (χ0v) is 17.2. The molecule has 8 heteroatoms. The van der Waals surface area contributed by atoms with Gasteiger partial charge in [0.25, 0.3) is 0 Å². The molecule has 0 saturated carbocycles. The average molecular weight is 429 g/mol. The van der Waals surface area contributed by atoms with Gasteiger partial charge in [-0.1, -0.05) is 24.3 Å². The monoisotopic (exact) mass is 429 g/mol. The predicted molar refractivity (Wildman–Crippen MR) is 111 cm³/mol. The predicted octanol–water partition coefficient (Wildman–Crippen LogP) is 0.323. The molecule has 31 heavy (non-hydrogen) atoms. The third-order valence-corrected chi connectivity index (χ3v) is 6.80. The third kappa shape index (κ3) is 3.22. The lowest BCUT2D eigenvalue weighted by atomic mass is 9.77. The standard InChI is InChI=1S/C23H27NO7/c1-24-8-7-11-3-2-4-13-17(11)14(24)9-12-5-6-15(19(26)18(12)13)30-23-22(29)21(28)20(27)16(10-25)31-23/h2-6,14,16,20-23,25-29H,7-10H2,1H3/t14-,16-,20-,21+,22-,23-/m1/s1. The molecule has 5 rings (SSSR count). The van der Waals surface area contributed by atoms with Gasteiger partial charge in [0.1, 0.15) is 24.4 Å². The number of likely N-dealkylation sites (N-methyl/N-ethyl adjacent to an activating group) is 1. The maximum Gasteiger partial charge on any atom is 0.229 e. The van der Waals surface area contributed by atoms with Gasteiger partial charge >= 0.3 is 0 Å². The molecular weight excluding hydrogens is 402 g/mol. The van der Waals surface area contributed by atoms with Crippen LogP contribution in [0.5, 0.6) is 11.5 Å². The van der Waals surface area contributed by atoms with Crippen molar-refractivity contribution in [2.45, 2.75) is 49.6 Å². The molecule has 2 heterocycles. The van der Waals surface area contributed by atoms with E-state index in [0.717, 1.165) is 30.5 Å². The van der Waals surface area contributed by atoms with Gasteiger partial charge in [-0.15, -0.1) is 0 Å². The van der Waals surface area contributed by atoms with E-state index in [4.69, 9.17) is 9.47 Å². The Labute approximate surface area is 179 Å². The highest BCUT2D eigenvalue weighted by atomic mass is 16.7. The summed E-state index contributed by atoms with van der Waals surface area (Å²) in [5, 5.41) is 50.8. The van der Waals surface area contributed by atoms with Crippen LogP contribution in [-0.4, -0.2) is 81.3 Å². The summed E-state index contributed by atoms with van der Waals surface area (Å²) < 4.78 is 11.2. The van der Waals surface area contributed by atoms with E-state index in [-0.39, 0.29) is 17.5 Å². The fourth-order valence-corrected chi connectivity index (χ4v) is 5.05. The molecule has 3 aliphatic rings. The van der Waals surface area contributed by atoms with Gasteiger partial charge in [0.05, 0.1) is 6.61 Å². The number of aliphatic hydroxyl groups excluding tert-OH is 4. The van der Waals surface area contributed by atoms with Crippen LogP contribution in [-0.2, 0) is 17.6 Å². The number of aromatic hydroxyl groups is 1. The fourth-order valence-electron chi connectivity index (χ4n) is 5.05. The number of nitrogens with zero attached hydrogens (tertiary/aromatic N) is 1. The summed E-state index contributed by atoms with van der Waals surface area (Å²) in [5.74, 6) is 0.0397. The molecule has 2 aromatic rings. The Kier molecular flexibility index (Phi) is 5.16. The van der Waals surface area contributed by atoms with Gasteiger partial charge in [-0.2, -0.15) is 0 Å². The van der Waals surface area contributed by atoms with Gasteiger partial charge < -0.3 is 35.0 Å². The van der Waals surface area contributed by atoms with Crippen molar-refractivity contribution >= 4 is 0 Å². The Morgan fingerprint density at radius 3 is 2.65 bits per heavy atom. The van der Waals surface area contributed by atoms with Crippen molar-refractivity contribution in [3.05, 3.63) is 47.0 Å². The molecule has 0 amide bonds. The first kappa shape index (κ1) is 20.7. The minimum Gasteiger partial charge on any atom is -0.504 e. The van der Waals surface area contributed by atoms with Crippen LogP contribution in [0.1, 0.15) is 22.7 Å². The van der Waals surface area contributed by atoms with Gasteiger partial charge in [-0.25, -0.2) is 0 Å². The highest BCUT2D eigenvalue weighted by molar-refractivity contribution is 5.82. The van der Waals surface area contributed by atoms with Crippen LogP contribution in [0.2, 0.25) is 0 Å². The topological polar surface area (TPSA) is 123 Å². The van der Waals surface area contributed by atoms with Crippen molar-refractivity contribution in [1.82, 2.24) is 4.90 Å². The number of ether oxygens (including phenoxy) is 2. The van der Waals surface area contributed by atoms with Gasteiger partial charge in [0.2, 0.25) is 6.29 Å². The maximum atomic E-state index is 11.1. The first-order valence-corrected chi connectivity index (χ1v) is 10.5. The quantitative estimate of drug-likeness (QED) is 0.473. The van der Waals surface area contributed by atoms with Crippen molar-refractivity contribution < 1.29 is 35.0 Å². The highest BCUT2D eigenvalue weighted by Gasteiger charge is 2.45. The van der Waals surface area contributed by atoms with E-state index in [1.54, 1.807) is 6.07 Å². The summed E-state index contributed by atoms with van der Waals surface area (Å²) in [4.78, 5) is 2.34. The van der Waals surface area contributed by atoms with Crippen LogP contribution in [0, 0.1) is 0 Å². The van der Waals surface area contributed by atoms with Crippen LogP contribution in [0.25, 0.3) is 11.1 Å². The van der Waals surface area contributed by atoms with E-state index in [1.165, 1.54) is 11.1 Å². The average Bonchev–Trinajstić information content (AvgIpc) is 2.78. The van der Waals surface area contributed by atoms with Crippen molar-refractivity contribution in [1.29, 1.82) is 0 Å². The van der Waals surface area contributed by atoms with E-state index in [2.05, 4.69) is 18.0 Å². The van der Waals surface area contributed by atoms with E-state index >= 15 is 0 Å². The molecule has 0 radical (unpaired) electrons. The Bertz CT molecular complexity index is 994. The number of hydrogen-bond donors (Lipinski definition) is 5. The fraction of sp³-hybridized carbons (Fsp3) is 0.478. The number of phenols is 1. The SMILES string of the molecule is CN1CCc2cccc3c2[C@H]1Cc1ccc(O[C@@H]2O[C@H](CO)[C@@H](O)[C@H](O)[C@H]2O)c(O)c1-3. The molecule has 0 spiro atoms. The van der Waals surface area contributed by atoms with Gasteiger partial charge in [-0.3, -0.25) is 4.90 Å². The molecule has 1 saturated heterocycles. The van der Waals surface area contributed by atoms with Crippen molar-refractivity contribution in [2.24, 2.45) is 0 Å². The second-order valence-corrected chi connectivity index (χ2v) is 8.59. The minimum absolute atomic E-state index is 0.0606. The van der Waals surface area contributed by atoms with Crippen molar-refractivity contribution in [3.8, 4) is 22.6 Å². The summed E-state index contributed by atoms with van der Waals surface area (Å²) in [6.07, 6.45) is -5.28.